The van der Waals surface area contributed by atoms with Gasteiger partial charge in [-0.1, -0.05) is 26.2 Å². The minimum absolute atomic E-state index is 0.338. The minimum Gasteiger partial charge on any atom is -0.479 e. The summed E-state index contributed by atoms with van der Waals surface area (Å²) in [6, 6.07) is 0. The molecule has 0 spiro atoms. The summed E-state index contributed by atoms with van der Waals surface area (Å²) in [5, 5.41) is 16.9. The molecule has 0 saturated heterocycles. The number of carbonyl (C=O) groups is 1. The average molecular weight is 145 g/mol. The fraction of sp³-hybridized carbons (Fsp3) is 0.714. The van der Waals surface area contributed by atoms with Crippen LogP contribution in [0.3, 0.4) is 0 Å². The van der Waals surface area contributed by atoms with Crippen molar-refractivity contribution in [3.63, 3.8) is 0 Å². The number of rotatable bonds is 5. The molecule has 0 bridgehead atoms. The van der Waals surface area contributed by atoms with Crippen LogP contribution in [0.15, 0.2) is 0 Å². The maximum Gasteiger partial charge on any atom is 0.332 e. The summed E-state index contributed by atoms with van der Waals surface area (Å²) < 4.78 is 0. The molecule has 0 heterocycles. The first kappa shape index (κ1) is 9.43. The van der Waals surface area contributed by atoms with E-state index in [0.717, 1.165) is 19.3 Å². The standard InChI is InChI=1S/C7H13O3/c1-2-3-4-5-6(8)7(9)10/h6,8H,1-5H2,(H,9,10). The van der Waals surface area contributed by atoms with E-state index in [-0.39, 0.29) is 0 Å². The van der Waals surface area contributed by atoms with Crippen LogP contribution in [0.5, 0.6) is 0 Å². The Morgan fingerprint density at radius 2 is 2.10 bits per heavy atom. The zero-order valence-electron chi connectivity index (χ0n) is 5.92. The van der Waals surface area contributed by atoms with Crippen LogP contribution in [0.4, 0.5) is 0 Å². The van der Waals surface area contributed by atoms with Gasteiger partial charge >= 0.3 is 5.97 Å². The highest BCUT2D eigenvalue weighted by atomic mass is 16.4. The average Bonchev–Trinajstić information content (AvgIpc) is 1.88. The quantitative estimate of drug-likeness (QED) is 0.563. The predicted octanol–water partition coefficient (Wildman–Crippen LogP) is 0.826. The molecular weight excluding hydrogens is 132 g/mol. The third-order valence-electron chi connectivity index (χ3n) is 1.26. The van der Waals surface area contributed by atoms with E-state index in [1.165, 1.54) is 0 Å². The lowest BCUT2D eigenvalue weighted by molar-refractivity contribution is -0.146. The normalized spacial score (nSPS) is 13.0. The third-order valence-corrected chi connectivity index (χ3v) is 1.26. The molecule has 10 heavy (non-hydrogen) atoms. The van der Waals surface area contributed by atoms with Gasteiger partial charge < -0.3 is 10.2 Å². The molecule has 0 aromatic heterocycles. The number of carboxylic acids is 1. The van der Waals surface area contributed by atoms with Crippen LogP contribution < -0.4 is 0 Å². The van der Waals surface area contributed by atoms with E-state index in [4.69, 9.17) is 10.2 Å². The Balaban J connectivity index is 3.21. The Bertz CT molecular complexity index is 101. The second kappa shape index (κ2) is 5.23. The van der Waals surface area contributed by atoms with Gasteiger partial charge in [0.05, 0.1) is 0 Å². The first-order chi connectivity index (χ1) is 4.68. The summed E-state index contributed by atoms with van der Waals surface area (Å²) in [5.74, 6) is -1.14. The van der Waals surface area contributed by atoms with Gasteiger partial charge in [0.1, 0.15) is 0 Å². The van der Waals surface area contributed by atoms with Gasteiger partial charge in [0.25, 0.3) is 0 Å². The van der Waals surface area contributed by atoms with E-state index >= 15 is 0 Å². The van der Waals surface area contributed by atoms with Crippen molar-refractivity contribution in [2.45, 2.75) is 31.8 Å². The lowest BCUT2D eigenvalue weighted by atomic mass is 10.1. The van der Waals surface area contributed by atoms with Crippen LogP contribution in [0.1, 0.15) is 25.7 Å². The highest BCUT2D eigenvalue weighted by molar-refractivity contribution is 5.71. The molecule has 1 atom stereocenters. The number of unbranched alkanes of at least 4 members (excludes halogenated alkanes) is 2. The molecule has 0 rings (SSSR count). The number of carboxylic acid groups (broad SMARTS) is 1. The molecule has 0 aliphatic rings. The summed E-state index contributed by atoms with van der Waals surface area (Å²) in [6.45, 7) is 3.60. The van der Waals surface area contributed by atoms with Gasteiger partial charge in [-0.05, 0) is 6.42 Å². The lowest BCUT2D eigenvalue weighted by Crippen LogP contribution is -2.18. The topological polar surface area (TPSA) is 57.5 Å². The van der Waals surface area contributed by atoms with Crippen LogP contribution in [-0.2, 0) is 4.79 Å². The van der Waals surface area contributed by atoms with Crippen LogP contribution >= 0.6 is 0 Å². The first-order valence-corrected chi connectivity index (χ1v) is 3.38. The first-order valence-electron chi connectivity index (χ1n) is 3.38. The van der Waals surface area contributed by atoms with Crippen LogP contribution in [0.2, 0.25) is 0 Å². The zero-order valence-corrected chi connectivity index (χ0v) is 5.92. The van der Waals surface area contributed by atoms with E-state index in [2.05, 4.69) is 6.92 Å². The van der Waals surface area contributed by atoms with E-state index in [0.29, 0.717) is 6.42 Å². The van der Waals surface area contributed by atoms with Crippen molar-refractivity contribution in [2.75, 3.05) is 0 Å². The van der Waals surface area contributed by atoms with E-state index in [1.807, 2.05) is 0 Å². The highest BCUT2D eigenvalue weighted by Gasteiger charge is 2.10. The fourth-order valence-corrected chi connectivity index (χ4v) is 0.638. The number of aliphatic hydroxyl groups excluding tert-OH is 1. The number of aliphatic carboxylic acids is 1. The second-order valence-electron chi connectivity index (χ2n) is 2.20. The fourth-order valence-electron chi connectivity index (χ4n) is 0.638. The van der Waals surface area contributed by atoms with Crippen molar-refractivity contribution < 1.29 is 15.0 Å². The molecule has 1 radical (unpaired) electrons. The third kappa shape index (κ3) is 4.32. The SMILES string of the molecule is [CH2]CCCCC(O)C(=O)O. The number of hydrogen-bond acceptors (Lipinski definition) is 2. The van der Waals surface area contributed by atoms with Crippen LogP contribution in [0, 0.1) is 6.92 Å². The molecule has 59 valence electrons. The van der Waals surface area contributed by atoms with Crippen molar-refractivity contribution >= 4 is 5.97 Å². The summed E-state index contributed by atoms with van der Waals surface area (Å²) in [5.41, 5.74) is 0. The van der Waals surface area contributed by atoms with E-state index < -0.39 is 12.1 Å². The largest absolute Gasteiger partial charge is 0.479 e. The molecule has 0 aliphatic carbocycles. The summed E-state index contributed by atoms with van der Waals surface area (Å²) in [7, 11) is 0. The maximum atomic E-state index is 10.0. The van der Waals surface area contributed by atoms with Crippen LogP contribution in [0.25, 0.3) is 0 Å². The van der Waals surface area contributed by atoms with Gasteiger partial charge in [-0.15, -0.1) is 0 Å². The number of aliphatic hydroxyl groups is 1. The lowest BCUT2D eigenvalue weighted by Gasteiger charge is -2.02. The molecule has 3 heteroatoms. The molecule has 3 nitrogen and oxygen atoms in total. The Hall–Kier alpha value is -0.570. The molecule has 2 N–H and O–H groups in total. The maximum absolute atomic E-state index is 10.0. The van der Waals surface area contributed by atoms with Gasteiger partial charge in [-0.3, -0.25) is 0 Å². The van der Waals surface area contributed by atoms with Crippen molar-refractivity contribution in [1.29, 1.82) is 0 Å². The van der Waals surface area contributed by atoms with Gasteiger partial charge in [0.2, 0.25) is 0 Å². The monoisotopic (exact) mass is 145 g/mol. The van der Waals surface area contributed by atoms with Crippen molar-refractivity contribution in [3.8, 4) is 0 Å². The molecule has 1 unspecified atom stereocenters. The van der Waals surface area contributed by atoms with Crippen molar-refractivity contribution in [3.05, 3.63) is 6.92 Å². The van der Waals surface area contributed by atoms with E-state index in [9.17, 15) is 4.79 Å². The smallest absolute Gasteiger partial charge is 0.332 e. The molecule has 0 fully saturated rings. The van der Waals surface area contributed by atoms with Gasteiger partial charge in [-0.25, -0.2) is 4.79 Å². The minimum atomic E-state index is -1.19. The van der Waals surface area contributed by atoms with Gasteiger partial charge in [0, 0.05) is 0 Å². The number of hydrogen-bond donors (Lipinski definition) is 2. The summed E-state index contributed by atoms with van der Waals surface area (Å²) >= 11 is 0. The highest BCUT2D eigenvalue weighted by Crippen LogP contribution is 2.02. The predicted molar refractivity (Wildman–Crippen MR) is 37.5 cm³/mol. The molecule has 0 aromatic rings. The Morgan fingerprint density at radius 3 is 2.50 bits per heavy atom. The molecular formula is C7H13O3. The van der Waals surface area contributed by atoms with Crippen molar-refractivity contribution in [1.82, 2.24) is 0 Å². The Labute approximate surface area is 60.7 Å². The zero-order chi connectivity index (χ0) is 7.98. The summed E-state index contributed by atoms with van der Waals surface area (Å²) in [4.78, 5) is 10.0. The second-order valence-corrected chi connectivity index (χ2v) is 2.20. The van der Waals surface area contributed by atoms with Gasteiger partial charge in [-0.2, -0.15) is 0 Å². The van der Waals surface area contributed by atoms with Gasteiger partial charge in [0.15, 0.2) is 6.10 Å². The van der Waals surface area contributed by atoms with Crippen LogP contribution in [-0.4, -0.2) is 22.3 Å². The molecule has 0 amide bonds. The molecule has 0 aromatic carbocycles. The van der Waals surface area contributed by atoms with E-state index in [1.54, 1.807) is 0 Å². The Kier molecular flexibility index (Phi) is 4.94. The molecule has 0 saturated carbocycles. The molecule has 0 aliphatic heterocycles. The summed E-state index contributed by atoms with van der Waals surface area (Å²) in [6.07, 6.45) is 1.56. The Morgan fingerprint density at radius 1 is 1.50 bits per heavy atom. The van der Waals surface area contributed by atoms with Crippen molar-refractivity contribution in [2.24, 2.45) is 0 Å².